The molecule has 3 aromatic carbocycles. The summed E-state index contributed by atoms with van der Waals surface area (Å²) in [4.78, 5) is 24.6. The smallest absolute Gasteiger partial charge is 0.276 e. The van der Waals surface area contributed by atoms with E-state index in [2.05, 4.69) is 32.1 Å². The van der Waals surface area contributed by atoms with E-state index in [0.717, 1.165) is 17.5 Å². The molecule has 9 heteroatoms. The van der Waals surface area contributed by atoms with E-state index >= 15 is 0 Å². The normalized spacial score (nSPS) is 10.2. The molecule has 0 aliphatic rings. The van der Waals surface area contributed by atoms with E-state index in [1.54, 1.807) is 24.3 Å². The monoisotopic (exact) mass is 541 g/mol. The lowest BCUT2D eigenvalue weighted by atomic mass is 10.1. The molecular formula is C25H24BrN3O4S. The number of hydrogen-bond acceptors (Lipinski definition) is 5. The summed E-state index contributed by atoms with van der Waals surface area (Å²) in [7, 11) is 0. The van der Waals surface area contributed by atoms with Gasteiger partial charge in [-0.1, -0.05) is 55.5 Å². The molecule has 0 fully saturated rings. The average molecular weight is 542 g/mol. The van der Waals surface area contributed by atoms with Gasteiger partial charge >= 0.3 is 0 Å². The van der Waals surface area contributed by atoms with Crippen LogP contribution in [-0.4, -0.2) is 30.1 Å². The number of nitrogens with one attached hydrogen (secondary N) is 3. The number of ether oxygens (including phenoxy) is 2. The van der Waals surface area contributed by atoms with Crippen LogP contribution in [0.4, 0.5) is 0 Å². The third-order valence-corrected chi connectivity index (χ3v) is 5.35. The molecule has 0 radical (unpaired) electrons. The first-order chi connectivity index (χ1) is 16.5. The van der Waals surface area contributed by atoms with Gasteiger partial charge in [0.25, 0.3) is 11.8 Å². The predicted molar refractivity (Wildman–Crippen MR) is 139 cm³/mol. The largest absolute Gasteiger partial charge is 0.492 e. The number of halogens is 1. The van der Waals surface area contributed by atoms with E-state index in [4.69, 9.17) is 21.7 Å². The third kappa shape index (κ3) is 7.29. The molecule has 34 heavy (non-hydrogen) atoms. The summed E-state index contributed by atoms with van der Waals surface area (Å²) in [5, 5.41) is 2.46. The minimum Gasteiger partial charge on any atom is -0.492 e. The molecular weight excluding hydrogens is 518 g/mol. The van der Waals surface area contributed by atoms with Gasteiger partial charge in [-0.2, -0.15) is 0 Å². The number of carbonyl (C=O) groups excluding carboxylic acids is 2. The van der Waals surface area contributed by atoms with Crippen molar-refractivity contribution in [1.29, 1.82) is 0 Å². The quantitative estimate of drug-likeness (QED) is 0.285. The van der Waals surface area contributed by atoms with Gasteiger partial charge in [-0.05, 0) is 64.4 Å². The van der Waals surface area contributed by atoms with E-state index in [-0.39, 0.29) is 11.7 Å². The Morgan fingerprint density at radius 2 is 1.65 bits per heavy atom. The van der Waals surface area contributed by atoms with Crippen LogP contribution in [0.15, 0.2) is 77.3 Å². The molecule has 0 atom stereocenters. The second kappa shape index (κ2) is 12.7. The van der Waals surface area contributed by atoms with E-state index in [1.165, 1.54) is 0 Å². The zero-order chi connectivity index (χ0) is 24.3. The van der Waals surface area contributed by atoms with E-state index in [9.17, 15) is 9.59 Å². The van der Waals surface area contributed by atoms with Gasteiger partial charge in [-0.15, -0.1) is 0 Å². The number of hydrogen-bond donors (Lipinski definition) is 3. The highest BCUT2D eigenvalue weighted by Crippen LogP contribution is 2.29. The Bertz CT molecular complexity index is 1160. The molecule has 7 nitrogen and oxygen atoms in total. The SMILES string of the molecule is CCCOc1ccc(C(=O)NC(=S)NNC(=O)COc2ccccc2-c2ccccc2)cc1Br. The summed E-state index contributed by atoms with van der Waals surface area (Å²) in [6.07, 6.45) is 0.880. The Labute approximate surface area is 211 Å². The van der Waals surface area contributed by atoms with Gasteiger partial charge in [-0.3, -0.25) is 25.8 Å². The maximum absolute atomic E-state index is 12.4. The van der Waals surface area contributed by atoms with Crippen LogP contribution in [0.25, 0.3) is 11.1 Å². The van der Waals surface area contributed by atoms with E-state index in [1.807, 2.05) is 55.5 Å². The molecule has 3 rings (SSSR count). The lowest BCUT2D eigenvalue weighted by Crippen LogP contribution is -2.49. The van der Waals surface area contributed by atoms with Crippen LogP contribution in [0.3, 0.4) is 0 Å². The number of amides is 2. The van der Waals surface area contributed by atoms with Crippen molar-refractivity contribution < 1.29 is 19.1 Å². The number of thiocarbonyl (C=S) groups is 1. The average Bonchev–Trinajstić information content (AvgIpc) is 2.86. The van der Waals surface area contributed by atoms with Crippen molar-refractivity contribution in [3.8, 4) is 22.6 Å². The molecule has 0 aromatic heterocycles. The van der Waals surface area contributed by atoms with Gasteiger partial charge in [0.15, 0.2) is 11.7 Å². The van der Waals surface area contributed by atoms with E-state index in [0.29, 0.717) is 28.1 Å². The molecule has 3 aromatic rings. The van der Waals surface area contributed by atoms with Crippen LogP contribution in [-0.2, 0) is 4.79 Å². The molecule has 3 N–H and O–H groups in total. The highest BCUT2D eigenvalue weighted by Gasteiger charge is 2.12. The minimum atomic E-state index is -0.459. The molecule has 0 unspecified atom stereocenters. The highest BCUT2D eigenvalue weighted by atomic mass is 79.9. The first kappa shape index (κ1) is 25.2. The van der Waals surface area contributed by atoms with Crippen LogP contribution in [0.1, 0.15) is 23.7 Å². The van der Waals surface area contributed by atoms with Crippen molar-refractivity contribution in [3.05, 3.63) is 82.8 Å². The second-order valence-electron chi connectivity index (χ2n) is 7.10. The van der Waals surface area contributed by atoms with Crippen molar-refractivity contribution in [3.63, 3.8) is 0 Å². The summed E-state index contributed by atoms with van der Waals surface area (Å²) in [5.41, 5.74) is 7.16. The summed E-state index contributed by atoms with van der Waals surface area (Å²) in [5.74, 6) is 0.346. The maximum atomic E-state index is 12.4. The Balaban J connectivity index is 1.47. The molecule has 176 valence electrons. The maximum Gasteiger partial charge on any atom is 0.276 e. The molecule has 0 aliphatic heterocycles. The Hall–Kier alpha value is -3.43. The lowest BCUT2D eigenvalue weighted by Gasteiger charge is -2.13. The molecule has 0 saturated heterocycles. The van der Waals surface area contributed by atoms with Crippen molar-refractivity contribution in [2.24, 2.45) is 0 Å². The number of para-hydroxylation sites is 1. The van der Waals surface area contributed by atoms with Gasteiger partial charge in [0.05, 0.1) is 11.1 Å². The van der Waals surface area contributed by atoms with E-state index < -0.39 is 11.8 Å². The zero-order valence-electron chi connectivity index (χ0n) is 18.5. The van der Waals surface area contributed by atoms with Gasteiger partial charge in [0.2, 0.25) is 0 Å². The predicted octanol–water partition coefficient (Wildman–Crippen LogP) is 4.62. The van der Waals surface area contributed by atoms with Gasteiger partial charge in [-0.25, -0.2) is 0 Å². The van der Waals surface area contributed by atoms with Crippen LogP contribution in [0, 0.1) is 0 Å². The third-order valence-electron chi connectivity index (χ3n) is 4.53. The van der Waals surface area contributed by atoms with Crippen LogP contribution < -0.4 is 25.6 Å². The fourth-order valence-corrected chi connectivity index (χ4v) is 3.57. The molecule has 2 amide bonds. The van der Waals surface area contributed by atoms with Crippen LogP contribution in [0.2, 0.25) is 0 Å². The number of hydrazine groups is 1. The van der Waals surface area contributed by atoms with Crippen molar-refractivity contribution in [2.45, 2.75) is 13.3 Å². The Kier molecular flexibility index (Phi) is 9.42. The summed E-state index contributed by atoms with van der Waals surface area (Å²) in [6.45, 7) is 2.36. The Morgan fingerprint density at radius 3 is 2.38 bits per heavy atom. The van der Waals surface area contributed by atoms with Gasteiger partial charge in [0, 0.05) is 11.1 Å². The van der Waals surface area contributed by atoms with Gasteiger partial charge < -0.3 is 9.47 Å². The summed E-state index contributed by atoms with van der Waals surface area (Å²) < 4.78 is 11.9. The number of carbonyl (C=O) groups is 2. The number of benzene rings is 3. The fraction of sp³-hybridized carbons (Fsp3) is 0.160. The van der Waals surface area contributed by atoms with Crippen LogP contribution >= 0.6 is 28.1 Å². The molecule has 0 bridgehead atoms. The van der Waals surface area contributed by atoms with Crippen LogP contribution in [0.5, 0.6) is 11.5 Å². The first-order valence-electron chi connectivity index (χ1n) is 10.6. The Morgan fingerprint density at radius 1 is 0.912 bits per heavy atom. The second-order valence-corrected chi connectivity index (χ2v) is 8.36. The lowest BCUT2D eigenvalue weighted by molar-refractivity contribution is -0.123. The van der Waals surface area contributed by atoms with Crippen molar-refractivity contribution >= 4 is 45.1 Å². The van der Waals surface area contributed by atoms with Crippen molar-refractivity contribution in [2.75, 3.05) is 13.2 Å². The molecule has 0 aliphatic carbocycles. The van der Waals surface area contributed by atoms with Crippen molar-refractivity contribution in [1.82, 2.24) is 16.2 Å². The summed E-state index contributed by atoms with van der Waals surface area (Å²) in [6, 6.07) is 22.2. The zero-order valence-corrected chi connectivity index (χ0v) is 20.9. The standard InChI is InChI=1S/C25H24BrN3O4S/c1-2-14-32-22-13-12-18(15-20(22)26)24(31)27-25(34)29-28-23(30)16-33-21-11-7-6-10-19(21)17-8-4-3-5-9-17/h3-13,15H,2,14,16H2,1H3,(H,28,30)(H2,27,29,31,34). The fourth-order valence-electron chi connectivity index (χ4n) is 2.93. The summed E-state index contributed by atoms with van der Waals surface area (Å²) >= 11 is 8.49. The molecule has 0 heterocycles. The topological polar surface area (TPSA) is 88.7 Å². The first-order valence-corrected chi connectivity index (χ1v) is 11.8. The van der Waals surface area contributed by atoms with Gasteiger partial charge in [0.1, 0.15) is 11.5 Å². The molecule has 0 spiro atoms. The minimum absolute atomic E-state index is 0.0505. The molecule has 0 saturated carbocycles. The number of rotatable bonds is 8. The highest BCUT2D eigenvalue weighted by molar-refractivity contribution is 9.10.